The van der Waals surface area contributed by atoms with Crippen LogP contribution in [0.4, 0.5) is 4.39 Å². The van der Waals surface area contributed by atoms with Crippen molar-refractivity contribution in [3.05, 3.63) is 59.6 Å². The molecule has 1 aromatic rings. The number of methoxy groups -OCH3 is 1. The summed E-state index contributed by atoms with van der Waals surface area (Å²) in [4.78, 5) is 18.4. The van der Waals surface area contributed by atoms with Crippen LogP contribution < -0.4 is 5.32 Å². The number of carbonyl (C=O) groups is 1. The molecular formula is C17H20FN3O2. The summed E-state index contributed by atoms with van der Waals surface area (Å²) in [6.45, 7) is 5.89. The van der Waals surface area contributed by atoms with Gasteiger partial charge in [-0.2, -0.15) is 0 Å². The second-order valence-electron chi connectivity index (χ2n) is 5.14. The van der Waals surface area contributed by atoms with Crippen molar-refractivity contribution in [1.29, 1.82) is 0 Å². The molecule has 2 rings (SSSR count). The van der Waals surface area contributed by atoms with Crippen LogP contribution in [-0.2, 0) is 9.53 Å². The van der Waals surface area contributed by atoms with Gasteiger partial charge in [0.15, 0.2) is 5.96 Å². The standard InChI is InChI=1S/C17H20FN3O2/c1-5-9-19-17-20-15(12-7-6-8-13(18)10-12)14(16(22)23-4)11(2)21(17)3/h5-8,10,15H,1,9H2,2-4H3,(H,19,20). The van der Waals surface area contributed by atoms with Gasteiger partial charge < -0.3 is 15.0 Å². The van der Waals surface area contributed by atoms with Gasteiger partial charge in [-0.15, -0.1) is 6.58 Å². The third-order valence-corrected chi connectivity index (χ3v) is 3.73. The largest absolute Gasteiger partial charge is 0.466 e. The summed E-state index contributed by atoms with van der Waals surface area (Å²) in [6, 6.07) is 5.59. The normalized spacial score (nSPS) is 19.6. The number of nitrogens with one attached hydrogen (secondary N) is 1. The lowest BCUT2D eigenvalue weighted by Gasteiger charge is -2.35. The summed E-state index contributed by atoms with van der Waals surface area (Å²) >= 11 is 0. The van der Waals surface area contributed by atoms with Crippen molar-refractivity contribution in [2.24, 2.45) is 4.99 Å². The Morgan fingerprint density at radius 1 is 1.57 bits per heavy atom. The van der Waals surface area contributed by atoms with Crippen LogP contribution in [0.3, 0.4) is 0 Å². The minimum atomic E-state index is -0.530. The van der Waals surface area contributed by atoms with Crippen LogP contribution in [-0.4, -0.2) is 37.5 Å². The zero-order chi connectivity index (χ0) is 17.0. The van der Waals surface area contributed by atoms with Gasteiger partial charge in [0, 0.05) is 12.7 Å². The van der Waals surface area contributed by atoms with Gasteiger partial charge in [-0.05, 0) is 24.6 Å². The molecule has 0 aliphatic carbocycles. The van der Waals surface area contributed by atoms with E-state index in [9.17, 15) is 9.18 Å². The Morgan fingerprint density at radius 2 is 2.30 bits per heavy atom. The Labute approximate surface area is 135 Å². The summed E-state index contributed by atoms with van der Waals surface area (Å²) in [5.41, 5.74) is 1.76. The zero-order valence-electron chi connectivity index (χ0n) is 13.5. The molecule has 6 heteroatoms. The molecule has 0 bridgehead atoms. The Hall–Kier alpha value is -2.63. The van der Waals surface area contributed by atoms with Crippen molar-refractivity contribution >= 4 is 11.9 Å². The lowest BCUT2D eigenvalue weighted by molar-refractivity contribution is -0.136. The first-order valence-corrected chi connectivity index (χ1v) is 7.19. The molecule has 1 atom stereocenters. The quantitative estimate of drug-likeness (QED) is 0.684. The van der Waals surface area contributed by atoms with Gasteiger partial charge in [-0.1, -0.05) is 18.2 Å². The second-order valence-corrected chi connectivity index (χ2v) is 5.14. The minimum absolute atomic E-state index is 0.366. The number of hydrogen-bond acceptors (Lipinski definition) is 3. The van der Waals surface area contributed by atoms with Crippen molar-refractivity contribution in [3.63, 3.8) is 0 Å². The number of carbonyl (C=O) groups excluding carboxylic acids is 1. The number of guanidine groups is 1. The first kappa shape index (κ1) is 16.7. The third-order valence-electron chi connectivity index (χ3n) is 3.73. The van der Waals surface area contributed by atoms with Crippen LogP contribution in [0.2, 0.25) is 0 Å². The predicted octanol–water partition coefficient (Wildman–Crippen LogP) is 2.39. The predicted molar refractivity (Wildman–Crippen MR) is 87.3 cm³/mol. The van der Waals surface area contributed by atoms with Crippen LogP contribution in [0.5, 0.6) is 0 Å². The zero-order valence-corrected chi connectivity index (χ0v) is 13.5. The number of benzene rings is 1. The number of ether oxygens (including phenoxy) is 1. The lowest BCUT2D eigenvalue weighted by Crippen LogP contribution is -2.47. The number of allylic oxidation sites excluding steroid dienone is 1. The summed E-state index contributed by atoms with van der Waals surface area (Å²) in [5.74, 6) is -0.238. The van der Waals surface area contributed by atoms with Gasteiger partial charge >= 0.3 is 5.97 Å². The molecule has 0 saturated heterocycles. The molecule has 0 saturated carbocycles. The monoisotopic (exact) mass is 317 g/mol. The molecule has 1 N–H and O–H groups in total. The molecule has 1 unspecified atom stereocenters. The third kappa shape index (κ3) is 3.41. The fraction of sp³-hybridized carbons (Fsp3) is 0.294. The van der Waals surface area contributed by atoms with Gasteiger partial charge in [0.05, 0.1) is 25.3 Å². The molecule has 122 valence electrons. The number of halogens is 1. The minimum Gasteiger partial charge on any atom is -0.466 e. The van der Waals surface area contributed by atoms with Crippen molar-refractivity contribution in [2.45, 2.75) is 13.0 Å². The molecule has 0 radical (unpaired) electrons. The maximum atomic E-state index is 13.6. The molecule has 23 heavy (non-hydrogen) atoms. The van der Waals surface area contributed by atoms with Crippen molar-refractivity contribution in [2.75, 3.05) is 20.7 Å². The van der Waals surface area contributed by atoms with E-state index in [1.165, 1.54) is 19.2 Å². The molecular weight excluding hydrogens is 297 g/mol. The van der Waals surface area contributed by atoms with E-state index in [-0.39, 0.29) is 5.82 Å². The molecule has 1 aliphatic heterocycles. The van der Waals surface area contributed by atoms with E-state index in [4.69, 9.17) is 4.74 Å². The molecule has 0 fully saturated rings. The van der Waals surface area contributed by atoms with Crippen LogP contribution in [0.25, 0.3) is 0 Å². The van der Waals surface area contributed by atoms with Gasteiger partial charge in [-0.3, -0.25) is 0 Å². The summed E-state index contributed by atoms with van der Waals surface area (Å²) in [6.07, 6.45) is 1.68. The van der Waals surface area contributed by atoms with Gasteiger partial charge in [0.1, 0.15) is 5.82 Å². The molecule has 0 spiro atoms. The van der Waals surface area contributed by atoms with Gasteiger partial charge in [0.25, 0.3) is 0 Å². The Morgan fingerprint density at radius 3 is 2.91 bits per heavy atom. The van der Waals surface area contributed by atoms with Crippen molar-refractivity contribution < 1.29 is 13.9 Å². The maximum absolute atomic E-state index is 13.6. The van der Waals surface area contributed by atoms with Gasteiger partial charge in [-0.25, -0.2) is 14.2 Å². The maximum Gasteiger partial charge on any atom is 0.337 e. The average molecular weight is 317 g/mol. The molecule has 0 amide bonds. The lowest BCUT2D eigenvalue weighted by atomic mass is 9.95. The van der Waals surface area contributed by atoms with E-state index in [1.54, 1.807) is 30.2 Å². The van der Waals surface area contributed by atoms with E-state index in [0.29, 0.717) is 29.3 Å². The summed E-state index contributed by atoms with van der Waals surface area (Å²) in [7, 11) is 3.13. The van der Waals surface area contributed by atoms with Crippen molar-refractivity contribution in [3.8, 4) is 0 Å². The Kier molecular flexibility index (Phi) is 5.16. The highest BCUT2D eigenvalue weighted by molar-refractivity contribution is 5.96. The van der Waals surface area contributed by atoms with Gasteiger partial charge in [0.2, 0.25) is 0 Å². The number of esters is 1. The van der Waals surface area contributed by atoms with Crippen LogP contribution in [0.15, 0.2) is 53.2 Å². The Bertz CT molecular complexity index is 682. The molecule has 0 aromatic heterocycles. The average Bonchev–Trinajstić information content (AvgIpc) is 2.55. The highest BCUT2D eigenvalue weighted by Crippen LogP contribution is 2.30. The molecule has 1 heterocycles. The number of rotatable bonds is 4. The Balaban J connectivity index is 2.55. The number of hydrogen-bond donors (Lipinski definition) is 1. The van der Waals surface area contributed by atoms with E-state index in [0.717, 1.165) is 0 Å². The fourth-order valence-electron chi connectivity index (χ4n) is 2.46. The van der Waals surface area contributed by atoms with Crippen molar-refractivity contribution in [1.82, 2.24) is 10.2 Å². The van der Waals surface area contributed by atoms with Crippen LogP contribution in [0, 0.1) is 5.82 Å². The second kappa shape index (κ2) is 7.09. The van der Waals surface area contributed by atoms with Crippen LogP contribution >= 0.6 is 0 Å². The first-order valence-electron chi connectivity index (χ1n) is 7.19. The van der Waals surface area contributed by atoms with E-state index in [1.807, 2.05) is 6.92 Å². The summed E-state index contributed by atoms with van der Waals surface area (Å²) in [5, 5.41) is 3.18. The van der Waals surface area contributed by atoms with Crippen LogP contribution in [0.1, 0.15) is 18.5 Å². The topological polar surface area (TPSA) is 53.9 Å². The first-order chi connectivity index (χ1) is 11.0. The molecule has 5 nitrogen and oxygen atoms in total. The fourth-order valence-corrected chi connectivity index (χ4v) is 2.46. The SMILES string of the molecule is C=CCN=C1NC(c2cccc(F)c2)C(C(=O)OC)=C(C)N1C. The van der Waals surface area contributed by atoms with E-state index >= 15 is 0 Å². The van der Waals surface area contributed by atoms with E-state index in [2.05, 4.69) is 16.9 Å². The molecule has 1 aromatic carbocycles. The van der Waals surface area contributed by atoms with E-state index < -0.39 is 12.0 Å². The highest BCUT2D eigenvalue weighted by atomic mass is 19.1. The number of nitrogens with zero attached hydrogens (tertiary/aromatic N) is 2. The highest BCUT2D eigenvalue weighted by Gasteiger charge is 2.33. The molecule has 1 aliphatic rings. The smallest absolute Gasteiger partial charge is 0.337 e. The number of aliphatic imine (C=N–C) groups is 1. The summed E-state index contributed by atoms with van der Waals surface area (Å²) < 4.78 is 18.5.